The molecule has 0 aliphatic rings. The zero-order valence-electron chi connectivity index (χ0n) is 16.6. The highest BCUT2D eigenvalue weighted by molar-refractivity contribution is 7.89. The Kier molecular flexibility index (Phi) is 8.69. The second-order valence-electron chi connectivity index (χ2n) is 6.26. The van der Waals surface area contributed by atoms with Crippen LogP contribution in [0.4, 0.5) is 0 Å². The molecule has 0 aliphatic heterocycles. The number of nitrogens with one attached hydrogen (secondary N) is 3. The third-order valence-corrected chi connectivity index (χ3v) is 6.43. The van der Waals surface area contributed by atoms with E-state index in [4.69, 9.17) is 11.5 Å². The number of guanidine groups is 1. The van der Waals surface area contributed by atoms with Gasteiger partial charge < -0.3 is 27.2 Å². The second-order valence-corrected chi connectivity index (χ2v) is 9.06. The third-order valence-electron chi connectivity index (χ3n) is 3.86. The summed E-state index contributed by atoms with van der Waals surface area (Å²) in [6.07, 6.45) is 0. The van der Waals surface area contributed by atoms with Crippen molar-refractivity contribution in [3.63, 3.8) is 0 Å². The molecule has 2 aromatic rings. The molecule has 14 heteroatoms. The standard InChI is InChI=1S/C18H22N6O6S2/c19-18(20)22-9-8-21-15(25)13-6-7-14(31-13)16(26)23-10-12(17(27)28)24-32(29,30)11-4-2-1-3-5-11/h1-7,12,24H,8-10H2,(H,21,25)(H,23,26)(H,27,28)(H4,19,20,22)/t12-/m0/s1. The van der Waals surface area contributed by atoms with Crippen LogP contribution in [0.5, 0.6) is 0 Å². The third kappa shape index (κ3) is 7.33. The van der Waals surface area contributed by atoms with Crippen LogP contribution < -0.4 is 26.8 Å². The van der Waals surface area contributed by atoms with E-state index >= 15 is 0 Å². The van der Waals surface area contributed by atoms with E-state index in [0.29, 0.717) is 0 Å². The summed E-state index contributed by atoms with van der Waals surface area (Å²) < 4.78 is 26.7. The van der Waals surface area contributed by atoms with Crippen molar-refractivity contribution in [3.8, 4) is 0 Å². The summed E-state index contributed by atoms with van der Waals surface area (Å²) in [5, 5.41) is 14.3. The maximum Gasteiger partial charge on any atom is 0.323 e. The van der Waals surface area contributed by atoms with Gasteiger partial charge in [-0.2, -0.15) is 4.72 Å². The Balaban J connectivity index is 1.94. The first kappa shape index (κ1) is 24.8. The lowest BCUT2D eigenvalue weighted by Crippen LogP contribution is -2.48. The molecule has 0 aliphatic carbocycles. The number of nitrogens with zero attached hydrogens (tertiary/aromatic N) is 1. The van der Waals surface area contributed by atoms with Gasteiger partial charge >= 0.3 is 5.97 Å². The van der Waals surface area contributed by atoms with Gasteiger partial charge in [-0.3, -0.25) is 19.4 Å². The summed E-state index contributed by atoms with van der Waals surface area (Å²) in [6.45, 7) is -0.113. The highest BCUT2D eigenvalue weighted by Crippen LogP contribution is 2.16. The van der Waals surface area contributed by atoms with Gasteiger partial charge in [-0.05, 0) is 24.3 Å². The molecule has 0 unspecified atom stereocenters. The van der Waals surface area contributed by atoms with Gasteiger partial charge in [0, 0.05) is 13.1 Å². The minimum atomic E-state index is -4.10. The first-order valence-electron chi connectivity index (χ1n) is 9.12. The molecule has 1 atom stereocenters. The van der Waals surface area contributed by atoms with Crippen LogP contribution in [0.2, 0.25) is 0 Å². The number of carboxylic acids is 1. The van der Waals surface area contributed by atoms with E-state index in [1.165, 1.54) is 36.4 Å². The van der Waals surface area contributed by atoms with Crippen molar-refractivity contribution in [2.45, 2.75) is 10.9 Å². The molecule has 0 radical (unpaired) electrons. The molecule has 2 amide bonds. The maximum atomic E-state index is 12.3. The average Bonchev–Trinajstić information content (AvgIpc) is 3.24. The summed E-state index contributed by atoms with van der Waals surface area (Å²) in [4.78, 5) is 39.9. The van der Waals surface area contributed by atoms with Gasteiger partial charge in [0.05, 0.1) is 21.2 Å². The SMILES string of the molecule is NC(N)=NCCNC(=O)c1ccc(C(=O)NC[C@H](NS(=O)(=O)c2ccccc2)C(=O)O)s1. The van der Waals surface area contributed by atoms with Gasteiger partial charge in [0.15, 0.2) is 5.96 Å². The number of aliphatic carboxylic acids is 1. The zero-order valence-corrected chi connectivity index (χ0v) is 18.3. The molecule has 0 saturated carbocycles. The number of thiophene rings is 1. The Labute approximate surface area is 187 Å². The number of rotatable bonds is 11. The number of carbonyl (C=O) groups excluding carboxylic acids is 2. The van der Waals surface area contributed by atoms with Gasteiger partial charge in [-0.1, -0.05) is 18.2 Å². The number of hydrogen-bond acceptors (Lipinski definition) is 7. The van der Waals surface area contributed by atoms with E-state index in [2.05, 4.69) is 15.6 Å². The van der Waals surface area contributed by atoms with E-state index in [1.54, 1.807) is 6.07 Å². The number of nitrogens with two attached hydrogens (primary N) is 2. The molecule has 2 rings (SSSR count). The van der Waals surface area contributed by atoms with E-state index in [9.17, 15) is 27.9 Å². The van der Waals surface area contributed by atoms with Crippen molar-refractivity contribution in [3.05, 3.63) is 52.2 Å². The first-order valence-corrected chi connectivity index (χ1v) is 11.4. The van der Waals surface area contributed by atoms with Crippen LogP contribution in [0.1, 0.15) is 19.3 Å². The molecule has 12 nitrogen and oxygen atoms in total. The number of amides is 2. The lowest BCUT2D eigenvalue weighted by Gasteiger charge is -2.15. The van der Waals surface area contributed by atoms with Gasteiger partial charge in [0.25, 0.3) is 11.8 Å². The summed E-state index contributed by atoms with van der Waals surface area (Å²) in [6, 6.07) is 8.48. The summed E-state index contributed by atoms with van der Waals surface area (Å²) in [5.74, 6) is -2.64. The number of sulfonamides is 1. The Morgan fingerprint density at radius 1 is 1.00 bits per heavy atom. The fourth-order valence-electron chi connectivity index (χ4n) is 2.34. The number of aliphatic imine (C=N–C) groups is 1. The topological polar surface area (TPSA) is 206 Å². The minimum Gasteiger partial charge on any atom is -0.480 e. The van der Waals surface area contributed by atoms with Gasteiger partial charge in [-0.25, -0.2) is 8.42 Å². The largest absolute Gasteiger partial charge is 0.480 e. The first-order chi connectivity index (χ1) is 15.1. The second kappa shape index (κ2) is 11.2. The van der Waals surface area contributed by atoms with Crippen molar-refractivity contribution in [2.24, 2.45) is 16.5 Å². The number of carboxylic acid groups (broad SMARTS) is 1. The highest BCUT2D eigenvalue weighted by Gasteiger charge is 2.26. The molecule has 1 aromatic carbocycles. The fraction of sp³-hybridized carbons (Fsp3) is 0.222. The molecule has 1 heterocycles. The van der Waals surface area contributed by atoms with Crippen molar-refractivity contribution in [1.29, 1.82) is 0 Å². The molecule has 0 fully saturated rings. The smallest absolute Gasteiger partial charge is 0.323 e. The van der Waals surface area contributed by atoms with Crippen LogP contribution in [-0.2, 0) is 14.8 Å². The summed E-state index contributed by atoms with van der Waals surface area (Å²) in [7, 11) is -4.10. The van der Waals surface area contributed by atoms with Crippen LogP contribution in [0.15, 0.2) is 52.4 Å². The van der Waals surface area contributed by atoms with E-state index in [1.807, 2.05) is 4.72 Å². The monoisotopic (exact) mass is 482 g/mol. The van der Waals surface area contributed by atoms with Crippen LogP contribution >= 0.6 is 11.3 Å². The molecule has 8 N–H and O–H groups in total. The van der Waals surface area contributed by atoms with Crippen molar-refractivity contribution in [1.82, 2.24) is 15.4 Å². The zero-order chi connectivity index (χ0) is 23.7. The molecule has 172 valence electrons. The van der Waals surface area contributed by atoms with E-state index in [0.717, 1.165) is 11.3 Å². The number of carbonyl (C=O) groups is 3. The van der Waals surface area contributed by atoms with Crippen molar-refractivity contribution < 1.29 is 27.9 Å². The van der Waals surface area contributed by atoms with Gasteiger partial charge in [0.2, 0.25) is 10.0 Å². The fourth-order valence-corrected chi connectivity index (χ4v) is 4.39. The van der Waals surface area contributed by atoms with Gasteiger partial charge in [-0.15, -0.1) is 11.3 Å². The number of benzene rings is 1. The van der Waals surface area contributed by atoms with Crippen LogP contribution in [0.25, 0.3) is 0 Å². The number of hydrogen-bond donors (Lipinski definition) is 6. The molecular formula is C18H22N6O6S2. The Morgan fingerprint density at radius 3 is 2.16 bits per heavy atom. The Hall–Kier alpha value is -3.49. The van der Waals surface area contributed by atoms with Crippen LogP contribution in [0.3, 0.4) is 0 Å². The lowest BCUT2D eigenvalue weighted by molar-refractivity contribution is -0.138. The molecule has 0 saturated heterocycles. The quantitative estimate of drug-likeness (QED) is 0.131. The normalized spacial score (nSPS) is 11.9. The minimum absolute atomic E-state index is 0.0972. The summed E-state index contributed by atoms with van der Waals surface area (Å²) >= 11 is 0.888. The summed E-state index contributed by atoms with van der Waals surface area (Å²) in [5.41, 5.74) is 10.4. The van der Waals surface area contributed by atoms with Crippen LogP contribution in [0, 0.1) is 0 Å². The maximum absolute atomic E-state index is 12.3. The molecular weight excluding hydrogens is 460 g/mol. The molecule has 0 bridgehead atoms. The Morgan fingerprint density at radius 2 is 1.59 bits per heavy atom. The van der Waals surface area contributed by atoms with Crippen LogP contribution in [-0.4, -0.2) is 62.9 Å². The highest BCUT2D eigenvalue weighted by atomic mass is 32.2. The van der Waals surface area contributed by atoms with Gasteiger partial charge in [0.1, 0.15) is 6.04 Å². The lowest BCUT2D eigenvalue weighted by atomic mass is 10.3. The average molecular weight is 483 g/mol. The van der Waals surface area contributed by atoms with E-state index < -0.39 is 40.4 Å². The predicted octanol–water partition coefficient (Wildman–Crippen LogP) is -1.09. The molecule has 0 spiro atoms. The Bertz CT molecular complexity index is 1100. The van der Waals surface area contributed by atoms with Crippen molar-refractivity contribution >= 4 is 45.1 Å². The molecule has 1 aromatic heterocycles. The van der Waals surface area contributed by atoms with Crippen molar-refractivity contribution in [2.75, 3.05) is 19.6 Å². The van der Waals surface area contributed by atoms with E-state index in [-0.39, 0.29) is 33.7 Å². The predicted molar refractivity (Wildman–Crippen MR) is 118 cm³/mol. The molecule has 32 heavy (non-hydrogen) atoms.